The quantitative estimate of drug-likeness (QED) is 0.156. The minimum absolute atomic E-state index is 0.0139. The van der Waals surface area contributed by atoms with Crippen LogP contribution in [0.25, 0.3) is 22.3 Å². The lowest BCUT2D eigenvalue weighted by Gasteiger charge is -2.53. The average Bonchev–Trinajstić information content (AvgIpc) is 3.52. The maximum absolute atomic E-state index is 2.85. The molecular formula is C57H48BN3. The fourth-order valence-corrected chi connectivity index (χ4v) is 11.7. The first-order valence-electron chi connectivity index (χ1n) is 22.1. The molecule has 1 fully saturated rings. The molecule has 3 nitrogen and oxygen atoms in total. The molecule has 8 aromatic carbocycles. The second-order valence-electron chi connectivity index (χ2n) is 18.1. The van der Waals surface area contributed by atoms with Crippen LogP contribution in [0.1, 0.15) is 50.7 Å². The number of hydrogen-bond donors (Lipinski definition) is 0. The number of benzene rings is 8. The van der Waals surface area contributed by atoms with Crippen LogP contribution in [-0.4, -0.2) is 12.3 Å². The van der Waals surface area contributed by atoms with Crippen molar-refractivity contribution >= 4 is 68.6 Å². The molecule has 0 aromatic heterocycles. The molecule has 3 aliphatic heterocycles. The van der Waals surface area contributed by atoms with Crippen molar-refractivity contribution < 1.29 is 0 Å². The van der Waals surface area contributed by atoms with Crippen LogP contribution in [-0.2, 0) is 5.41 Å². The summed E-state index contributed by atoms with van der Waals surface area (Å²) in [5.74, 6) is 0. The van der Waals surface area contributed by atoms with Crippen molar-refractivity contribution in [2.24, 2.45) is 0 Å². The number of rotatable bonds is 6. The average molecular weight is 786 g/mol. The summed E-state index contributed by atoms with van der Waals surface area (Å²) in [7, 11) is 0. The van der Waals surface area contributed by atoms with Crippen LogP contribution in [0.15, 0.2) is 188 Å². The van der Waals surface area contributed by atoms with E-state index in [4.69, 9.17) is 0 Å². The van der Waals surface area contributed by atoms with Gasteiger partial charge in [0.05, 0.1) is 11.2 Å². The molecule has 4 heteroatoms. The second kappa shape index (κ2) is 13.6. The Morgan fingerprint density at radius 1 is 0.492 bits per heavy atom. The number of anilines is 8. The van der Waals surface area contributed by atoms with Gasteiger partial charge in [0.2, 0.25) is 0 Å². The summed E-state index contributed by atoms with van der Waals surface area (Å²) in [5.41, 5.74) is 21.7. The third-order valence-electron chi connectivity index (χ3n) is 14.8. The van der Waals surface area contributed by atoms with E-state index >= 15 is 0 Å². The Morgan fingerprint density at radius 2 is 1.08 bits per heavy atom. The van der Waals surface area contributed by atoms with Crippen molar-refractivity contribution in [3.8, 4) is 22.3 Å². The van der Waals surface area contributed by atoms with Crippen LogP contribution >= 0.6 is 0 Å². The molecule has 12 rings (SSSR count). The van der Waals surface area contributed by atoms with Gasteiger partial charge < -0.3 is 14.7 Å². The fourth-order valence-electron chi connectivity index (χ4n) is 11.7. The molecule has 1 aliphatic carbocycles. The number of para-hydroxylation sites is 2. The van der Waals surface area contributed by atoms with Crippen LogP contribution in [0, 0.1) is 6.92 Å². The van der Waals surface area contributed by atoms with Gasteiger partial charge in [0.1, 0.15) is 0 Å². The lowest BCUT2D eigenvalue weighted by Crippen LogP contribution is -2.64. The highest BCUT2D eigenvalue weighted by Crippen LogP contribution is 2.62. The van der Waals surface area contributed by atoms with E-state index in [2.05, 4.69) is 224 Å². The first kappa shape index (κ1) is 36.1. The van der Waals surface area contributed by atoms with Gasteiger partial charge in [-0.2, -0.15) is 0 Å². The molecule has 0 amide bonds. The van der Waals surface area contributed by atoms with E-state index in [0.29, 0.717) is 0 Å². The summed E-state index contributed by atoms with van der Waals surface area (Å²) in [4.78, 5) is 7.91. The molecule has 0 spiro atoms. The Balaban J connectivity index is 1.21. The van der Waals surface area contributed by atoms with Gasteiger partial charge in [-0.3, -0.25) is 0 Å². The molecule has 294 valence electrons. The summed E-state index contributed by atoms with van der Waals surface area (Å²) in [5, 5.41) is 0. The second-order valence-corrected chi connectivity index (χ2v) is 18.1. The minimum atomic E-state index is -0.0900. The van der Waals surface area contributed by atoms with Gasteiger partial charge >= 0.3 is 0 Å². The van der Waals surface area contributed by atoms with Crippen molar-refractivity contribution in [1.82, 2.24) is 0 Å². The first-order chi connectivity index (χ1) is 29.9. The zero-order valence-corrected chi connectivity index (χ0v) is 35.1. The molecule has 2 atom stereocenters. The normalized spacial score (nSPS) is 19.2. The van der Waals surface area contributed by atoms with E-state index in [1.165, 1.54) is 91.8 Å². The van der Waals surface area contributed by atoms with Gasteiger partial charge in [-0.1, -0.05) is 159 Å². The van der Waals surface area contributed by atoms with Gasteiger partial charge in [-0.25, -0.2) is 0 Å². The maximum atomic E-state index is 2.85. The molecular weight excluding hydrogens is 737 g/mol. The third kappa shape index (κ3) is 5.31. The molecule has 0 radical (unpaired) electrons. The fraction of sp³-hybridized carbons (Fsp3) is 0.158. The highest BCUT2D eigenvalue weighted by atomic mass is 15.3. The number of nitrogens with zero attached hydrogens (tertiary/aromatic N) is 3. The van der Waals surface area contributed by atoms with Crippen molar-refractivity contribution in [2.75, 3.05) is 14.7 Å². The molecule has 0 N–H and O–H groups in total. The Morgan fingerprint density at radius 3 is 1.75 bits per heavy atom. The predicted molar refractivity (Wildman–Crippen MR) is 259 cm³/mol. The summed E-state index contributed by atoms with van der Waals surface area (Å²) in [6.45, 7) is 7.55. The van der Waals surface area contributed by atoms with Gasteiger partial charge in [0, 0.05) is 45.2 Å². The van der Waals surface area contributed by atoms with Crippen LogP contribution < -0.4 is 31.1 Å². The lowest BCUT2D eigenvalue weighted by molar-refractivity contribution is 0.195. The van der Waals surface area contributed by atoms with Gasteiger partial charge in [-0.15, -0.1) is 0 Å². The summed E-state index contributed by atoms with van der Waals surface area (Å²) >= 11 is 0. The van der Waals surface area contributed by atoms with Gasteiger partial charge in [0.25, 0.3) is 6.71 Å². The monoisotopic (exact) mass is 785 g/mol. The van der Waals surface area contributed by atoms with Crippen molar-refractivity contribution in [3.63, 3.8) is 0 Å². The van der Waals surface area contributed by atoms with Crippen molar-refractivity contribution in [3.05, 3.63) is 199 Å². The number of aryl methyl sites for hydroxylation is 1. The Bertz CT molecular complexity index is 2950. The Kier molecular flexibility index (Phi) is 8.06. The van der Waals surface area contributed by atoms with E-state index in [0.717, 1.165) is 29.2 Å². The molecule has 0 bridgehead atoms. The van der Waals surface area contributed by atoms with Crippen LogP contribution in [0.4, 0.5) is 45.5 Å². The van der Waals surface area contributed by atoms with E-state index in [-0.39, 0.29) is 17.7 Å². The van der Waals surface area contributed by atoms with E-state index in [1.54, 1.807) is 0 Å². The summed E-state index contributed by atoms with van der Waals surface area (Å²) in [6, 6.07) is 70.2. The standard InChI is InChI=1S/C57H48BN3/c1-39-33-48-55-50(34-39)58-49-30-29-43(41-21-10-5-11-22-41)36-51(49)60(46-28-18-23-42(35-46)40-19-8-4-9-20-40)52-37-47(59(44-24-12-6-13-25-44)45-26-14-7-15-27-45)38-53(54(52)58)61(55)57(3)32-17-16-31-56(48,57)2/h4-15,18-30,33-38H,16-17,31-32H2,1-3H3. The van der Waals surface area contributed by atoms with E-state index < -0.39 is 0 Å². The topological polar surface area (TPSA) is 9.72 Å². The molecule has 4 aliphatic rings. The number of hydrogen-bond acceptors (Lipinski definition) is 3. The SMILES string of the molecule is Cc1cc2c3c(c1)C1(C)CCCCC1(C)N3c1cc(N(c3ccccc3)c3ccccc3)cc3c1B2c1ccc(-c2ccccc2)cc1N3c1cccc(-c2ccccc2)c1. The largest absolute Gasteiger partial charge is 0.335 e. The maximum Gasteiger partial charge on any atom is 0.252 e. The molecule has 0 saturated heterocycles. The molecule has 1 saturated carbocycles. The molecule has 2 unspecified atom stereocenters. The summed E-state index contributed by atoms with van der Waals surface area (Å²) < 4.78 is 0. The van der Waals surface area contributed by atoms with Gasteiger partial charge in [0.15, 0.2) is 0 Å². The Labute approximate surface area is 360 Å². The smallest absolute Gasteiger partial charge is 0.252 e. The number of fused-ring (bicyclic) bond motifs is 7. The van der Waals surface area contributed by atoms with Crippen molar-refractivity contribution in [1.29, 1.82) is 0 Å². The molecule has 61 heavy (non-hydrogen) atoms. The molecule has 3 heterocycles. The van der Waals surface area contributed by atoms with Crippen LogP contribution in [0.2, 0.25) is 0 Å². The minimum Gasteiger partial charge on any atom is -0.335 e. The lowest BCUT2D eigenvalue weighted by atomic mass is 9.33. The van der Waals surface area contributed by atoms with E-state index in [1.807, 2.05) is 0 Å². The first-order valence-corrected chi connectivity index (χ1v) is 22.1. The highest BCUT2D eigenvalue weighted by molar-refractivity contribution is 7.00. The van der Waals surface area contributed by atoms with Gasteiger partial charge in [-0.05, 0) is 125 Å². The zero-order chi connectivity index (χ0) is 40.9. The Hall–Kier alpha value is -6.78. The van der Waals surface area contributed by atoms with E-state index in [9.17, 15) is 0 Å². The van der Waals surface area contributed by atoms with Crippen molar-refractivity contribution in [2.45, 2.75) is 57.4 Å². The predicted octanol–water partition coefficient (Wildman–Crippen LogP) is 13.2. The summed E-state index contributed by atoms with van der Waals surface area (Å²) in [6.07, 6.45) is 4.84. The molecule has 8 aromatic rings. The highest BCUT2D eigenvalue weighted by Gasteiger charge is 2.61. The van der Waals surface area contributed by atoms with Crippen LogP contribution in [0.3, 0.4) is 0 Å². The van der Waals surface area contributed by atoms with Crippen LogP contribution in [0.5, 0.6) is 0 Å². The third-order valence-corrected chi connectivity index (χ3v) is 14.8. The zero-order valence-electron chi connectivity index (χ0n) is 35.1.